The lowest BCUT2D eigenvalue weighted by Crippen LogP contribution is -2.71. The fourth-order valence-electron chi connectivity index (χ4n) is 6.20. The van der Waals surface area contributed by atoms with E-state index in [1.165, 1.54) is 0 Å². The Morgan fingerprint density at radius 3 is 2.55 bits per heavy atom. The van der Waals surface area contributed by atoms with Gasteiger partial charge in [0, 0.05) is 30.5 Å². The molecule has 0 saturated carbocycles. The molecule has 0 aromatic heterocycles. The third kappa shape index (κ3) is 4.73. The Kier molecular flexibility index (Phi) is 7.99. The number of aryl methyl sites for hydroxylation is 1. The highest BCUT2D eigenvalue weighted by atomic mass is 16.6. The van der Waals surface area contributed by atoms with Crippen molar-refractivity contribution in [2.45, 2.75) is 88.9 Å². The van der Waals surface area contributed by atoms with Crippen molar-refractivity contribution in [3.8, 4) is 5.75 Å². The van der Waals surface area contributed by atoms with E-state index >= 15 is 0 Å². The zero-order valence-corrected chi connectivity index (χ0v) is 23.1. The topological polar surface area (TPSA) is 169 Å². The smallest absolute Gasteiger partial charge is 0.348 e. The molecule has 0 radical (unpaired) electrons. The second-order valence-electron chi connectivity index (χ2n) is 10.7. The summed E-state index contributed by atoms with van der Waals surface area (Å²) < 4.78 is 21.8. The number of aliphatic carboxylic acids is 1. The van der Waals surface area contributed by atoms with Crippen LogP contribution in [0.25, 0.3) is 0 Å². The standard InChI is InChI=1S/C28H35NO11/c1-14-6-7-18(13-30)23-22(14)27-10-11-29(5)16(3)28(27,36)9-8-19(24(27)40-23)39-21(32)12-20(38-17(4)31)26(35)37-15(2)25(33)34/h6-8,15-16,20,24,30,36H,9-13H2,1-5H3,(H,33,34)/t15-,16+,20-,24-,27-,28+/m0/s1. The van der Waals surface area contributed by atoms with Gasteiger partial charge in [0.05, 0.1) is 24.0 Å². The average molecular weight is 562 g/mol. The van der Waals surface area contributed by atoms with Crippen LogP contribution < -0.4 is 4.74 Å². The molecule has 218 valence electrons. The SMILES string of the molecule is CC(=O)O[C@@H](CC(=O)OC1=CC[C@@]2(O)[C@@H](C)N(C)CC[C@@]23c2c(C)ccc(CO)c2O[C@@H]13)C(=O)O[C@@H](C)C(=O)O. The molecule has 12 nitrogen and oxygen atoms in total. The van der Waals surface area contributed by atoms with Gasteiger partial charge in [-0.3, -0.25) is 9.59 Å². The molecule has 12 heteroatoms. The second kappa shape index (κ2) is 10.8. The van der Waals surface area contributed by atoms with Gasteiger partial charge < -0.3 is 39.2 Å². The molecule has 6 atom stereocenters. The van der Waals surface area contributed by atoms with Crippen molar-refractivity contribution in [1.82, 2.24) is 4.90 Å². The molecule has 2 heterocycles. The lowest BCUT2D eigenvalue weighted by Gasteiger charge is -2.58. The van der Waals surface area contributed by atoms with Crippen LogP contribution in [0, 0.1) is 6.92 Å². The van der Waals surface area contributed by atoms with Crippen molar-refractivity contribution in [1.29, 1.82) is 0 Å². The van der Waals surface area contributed by atoms with Gasteiger partial charge in [0.1, 0.15) is 11.5 Å². The minimum absolute atomic E-state index is 0.125. The number of hydrogen-bond acceptors (Lipinski definition) is 11. The molecular weight excluding hydrogens is 526 g/mol. The molecule has 3 N–H and O–H groups in total. The number of carboxylic acid groups (broad SMARTS) is 1. The molecule has 3 aliphatic rings. The lowest BCUT2D eigenvalue weighted by molar-refractivity contribution is -0.178. The molecule has 40 heavy (non-hydrogen) atoms. The first-order chi connectivity index (χ1) is 18.8. The van der Waals surface area contributed by atoms with Gasteiger partial charge in [0.2, 0.25) is 6.10 Å². The Hall–Kier alpha value is -3.48. The normalized spacial score (nSPS) is 28.5. The summed E-state index contributed by atoms with van der Waals surface area (Å²) in [5.74, 6) is -3.87. The summed E-state index contributed by atoms with van der Waals surface area (Å²) in [6.45, 7) is 6.32. The Morgan fingerprint density at radius 1 is 1.23 bits per heavy atom. The number of ether oxygens (including phenoxy) is 4. The van der Waals surface area contributed by atoms with E-state index in [9.17, 15) is 29.4 Å². The zero-order chi connectivity index (χ0) is 29.6. The van der Waals surface area contributed by atoms with Crippen molar-refractivity contribution in [3.05, 3.63) is 40.7 Å². The van der Waals surface area contributed by atoms with E-state index in [0.717, 1.165) is 25.0 Å². The highest BCUT2D eigenvalue weighted by molar-refractivity contribution is 5.86. The number of aliphatic hydroxyl groups excluding tert-OH is 1. The van der Waals surface area contributed by atoms with Crippen LogP contribution in [0.3, 0.4) is 0 Å². The van der Waals surface area contributed by atoms with Crippen LogP contribution in [-0.4, -0.2) is 87.6 Å². The highest BCUT2D eigenvalue weighted by Gasteiger charge is 2.69. The monoisotopic (exact) mass is 561 g/mol. The summed E-state index contributed by atoms with van der Waals surface area (Å²) in [7, 11) is 1.93. The molecule has 2 aliphatic heterocycles. The molecule has 0 amide bonds. The first-order valence-electron chi connectivity index (χ1n) is 13.1. The Balaban J connectivity index is 1.67. The number of nitrogens with zero attached hydrogens (tertiary/aromatic N) is 1. The maximum atomic E-state index is 13.1. The summed E-state index contributed by atoms with van der Waals surface area (Å²) in [6.07, 6.45) is -2.72. The predicted octanol–water partition coefficient (Wildman–Crippen LogP) is 1.11. The summed E-state index contributed by atoms with van der Waals surface area (Å²) in [6, 6.07) is 3.33. The molecule has 4 rings (SSSR count). The van der Waals surface area contributed by atoms with Gasteiger partial charge in [-0.05, 0) is 52.4 Å². The molecule has 1 aromatic rings. The van der Waals surface area contributed by atoms with Crippen LogP contribution in [0.15, 0.2) is 24.0 Å². The van der Waals surface area contributed by atoms with Crippen LogP contribution >= 0.6 is 0 Å². The number of aliphatic hydroxyl groups is 2. The van der Waals surface area contributed by atoms with E-state index in [0.29, 0.717) is 24.3 Å². The molecule has 1 aliphatic carbocycles. The first-order valence-corrected chi connectivity index (χ1v) is 13.1. The largest absolute Gasteiger partial charge is 0.481 e. The number of carbonyl (C=O) groups excluding carboxylic acids is 3. The van der Waals surface area contributed by atoms with Crippen LogP contribution in [0.1, 0.15) is 56.7 Å². The van der Waals surface area contributed by atoms with E-state index in [4.69, 9.17) is 24.1 Å². The van der Waals surface area contributed by atoms with Gasteiger partial charge >= 0.3 is 23.9 Å². The van der Waals surface area contributed by atoms with Crippen molar-refractivity contribution >= 4 is 23.9 Å². The number of carboxylic acids is 1. The number of piperidine rings is 1. The number of likely N-dealkylation sites (tertiary alicyclic amines) is 1. The van der Waals surface area contributed by atoms with Crippen molar-refractivity contribution in [2.24, 2.45) is 0 Å². The summed E-state index contributed by atoms with van der Waals surface area (Å²) in [5.41, 5.74) is -0.144. The molecule has 1 fully saturated rings. The first kappa shape index (κ1) is 29.5. The lowest BCUT2D eigenvalue weighted by atomic mass is 9.54. The van der Waals surface area contributed by atoms with Crippen LogP contribution in [-0.2, 0) is 45.4 Å². The summed E-state index contributed by atoms with van der Waals surface area (Å²) >= 11 is 0. The van der Waals surface area contributed by atoms with Crippen molar-refractivity contribution in [2.75, 3.05) is 13.6 Å². The highest BCUT2D eigenvalue weighted by Crippen LogP contribution is 2.61. The minimum Gasteiger partial charge on any atom is -0.481 e. The quantitative estimate of drug-likeness (QED) is 0.306. The van der Waals surface area contributed by atoms with Gasteiger partial charge in [0.15, 0.2) is 12.2 Å². The maximum Gasteiger partial charge on any atom is 0.348 e. The van der Waals surface area contributed by atoms with E-state index in [2.05, 4.69) is 4.90 Å². The van der Waals surface area contributed by atoms with E-state index in [1.807, 2.05) is 27.0 Å². The molecule has 1 spiro atoms. The number of likely N-dealkylation sites (N-methyl/N-ethyl adjacent to an activating group) is 1. The number of esters is 3. The third-order valence-corrected chi connectivity index (χ3v) is 8.40. The van der Waals surface area contributed by atoms with Crippen LogP contribution in [0.5, 0.6) is 5.75 Å². The van der Waals surface area contributed by atoms with Crippen LogP contribution in [0.4, 0.5) is 0 Å². The Bertz CT molecular complexity index is 1260. The number of rotatable bonds is 8. The van der Waals surface area contributed by atoms with E-state index in [1.54, 1.807) is 12.1 Å². The molecule has 1 aromatic carbocycles. The Labute approximate surface area is 231 Å². The van der Waals surface area contributed by atoms with E-state index in [-0.39, 0.29) is 24.8 Å². The van der Waals surface area contributed by atoms with E-state index < -0.39 is 59.6 Å². The number of carbonyl (C=O) groups is 4. The van der Waals surface area contributed by atoms with Gasteiger partial charge in [-0.25, -0.2) is 9.59 Å². The zero-order valence-electron chi connectivity index (χ0n) is 23.1. The van der Waals surface area contributed by atoms with Gasteiger partial charge in [-0.15, -0.1) is 0 Å². The van der Waals surface area contributed by atoms with Crippen molar-refractivity contribution < 1.29 is 53.4 Å². The van der Waals surface area contributed by atoms with Crippen LogP contribution in [0.2, 0.25) is 0 Å². The second-order valence-corrected chi connectivity index (χ2v) is 10.7. The third-order valence-electron chi connectivity index (χ3n) is 8.40. The molecular formula is C28H35NO11. The fourth-order valence-corrected chi connectivity index (χ4v) is 6.20. The summed E-state index contributed by atoms with van der Waals surface area (Å²) in [5, 5.41) is 31.3. The van der Waals surface area contributed by atoms with Gasteiger partial charge in [-0.1, -0.05) is 12.1 Å². The van der Waals surface area contributed by atoms with Gasteiger partial charge in [0.25, 0.3) is 0 Å². The average Bonchev–Trinajstić information content (AvgIpc) is 3.25. The van der Waals surface area contributed by atoms with Crippen molar-refractivity contribution in [3.63, 3.8) is 0 Å². The Morgan fingerprint density at radius 2 is 1.93 bits per heavy atom. The minimum atomic E-state index is -1.73. The molecule has 0 bridgehead atoms. The number of benzene rings is 1. The number of hydrogen-bond donors (Lipinski definition) is 3. The maximum absolute atomic E-state index is 13.1. The fraction of sp³-hybridized carbons (Fsp3) is 0.571. The predicted molar refractivity (Wildman–Crippen MR) is 137 cm³/mol. The summed E-state index contributed by atoms with van der Waals surface area (Å²) in [4.78, 5) is 50.3. The van der Waals surface area contributed by atoms with Gasteiger partial charge in [-0.2, -0.15) is 0 Å². The number of fused-ring (bicyclic) bond motifs is 1. The molecule has 0 unspecified atom stereocenters. The molecule has 1 saturated heterocycles.